The molecule has 0 spiro atoms. The number of fused-ring (bicyclic) bond motifs is 8. The topological polar surface area (TPSA) is 9.72 Å². The second-order valence-corrected chi connectivity index (χ2v) is 18.9. The van der Waals surface area contributed by atoms with Crippen molar-refractivity contribution in [3.05, 3.63) is 258 Å². The van der Waals surface area contributed by atoms with E-state index in [1.807, 2.05) is 0 Å². The highest BCUT2D eigenvalue weighted by molar-refractivity contribution is 6.07. The van der Waals surface area contributed by atoms with Crippen molar-refractivity contribution in [2.45, 2.75) is 32.1 Å². The van der Waals surface area contributed by atoms with Gasteiger partial charge in [-0.15, -0.1) is 0 Å². The molecule has 68 heavy (non-hydrogen) atoms. The molecule has 10 aromatic carbocycles. The van der Waals surface area contributed by atoms with E-state index in [-0.39, 0.29) is 5.41 Å². The molecule has 3 nitrogen and oxygen atoms in total. The van der Waals surface area contributed by atoms with Crippen molar-refractivity contribution in [1.82, 2.24) is 0 Å². The zero-order valence-electron chi connectivity index (χ0n) is 38.3. The molecule has 0 radical (unpaired) electrons. The van der Waals surface area contributed by atoms with Crippen LogP contribution in [0, 0.1) is 0 Å². The molecule has 0 saturated heterocycles. The molecule has 0 amide bonds. The summed E-state index contributed by atoms with van der Waals surface area (Å²) in [4.78, 5) is 7.31. The first-order valence-corrected chi connectivity index (χ1v) is 23.9. The molecule has 0 bridgehead atoms. The highest BCUT2D eigenvalue weighted by atomic mass is 15.3. The number of benzene rings is 10. The molecule has 2 heterocycles. The molecular formula is C65H49N3. The van der Waals surface area contributed by atoms with Gasteiger partial charge in [0.15, 0.2) is 0 Å². The molecule has 13 rings (SSSR count). The Kier molecular flexibility index (Phi) is 9.33. The predicted molar refractivity (Wildman–Crippen MR) is 287 cm³/mol. The number of aryl methyl sites for hydroxylation is 2. The average molecular weight is 872 g/mol. The van der Waals surface area contributed by atoms with Gasteiger partial charge in [-0.1, -0.05) is 184 Å². The van der Waals surface area contributed by atoms with E-state index < -0.39 is 0 Å². The van der Waals surface area contributed by atoms with E-state index in [9.17, 15) is 0 Å². The van der Waals surface area contributed by atoms with Crippen LogP contribution in [0.3, 0.4) is 0 Å². The van der Waals surface area contributed by atoms with E-state index in [0.29, 0.717) is 0 Å². The molecule has 0 saturated carbocycles. The van der Waals surface area contributed by atoms with Crippen LogP contribution < -0.4 is 14.7 Å². The Balaban J connectivity index is 0.791. The Bertz CT molecular complexity index is 3520. The number of anilines is 9. The highest BCUT2D eigenvalue weighted by Crippen LogP contribution is 2.56. The van der Waals surface area contributed by atoms with Gasteiger partial charge < -0.3 is 14.7 Å². The maximum Gasteiger partial charge on any atom is 0.0703 e. The van der Waals surface area contributed by atoms with Crippen LogP contribution in [0.15, 0.2) is 224 Å². The molecule has 2 aliphatic heterocycles. The Morgan fingerprint density at radius 3 is 1.44 bits per heavy atom. The van der Waals surface area contributed by atoms with Gasteiger partial charge in [-0.2, -0.15) is 0 Å². The standard InChI is InChI=1S/C65H49N3/c1-65(2)56-42-45(32-38-53(56)54-39-37-50(43-57(54)65)67-63-26-14-12-24-61(63)66(49-18-4-3-5-19-49)62-25-13-15-27-64(62)67)29-28-44-30-33-46(34-31-44)51-40-41-60(55-21-9-8-20-52(51)55)68-58-22-10-6-16-47(58)35-36-48-17-7-11-23-59(48)68/h3-34,37-43H,35-36H2,1-2H3/b29-28+. The summed E-state index contributed by atoms with van der Waals surface area (Å²) in [5.74, 6) is 0. The lowest BCUT2D eigenvalue weighted by atomic mass is 9.81. The molecule has 324 valence electrons. The van der Waals surface area contributed by atoms with Gasteiger partial charge in [-0.3, -0.25) is 0 Å². The molecule has 10 aromatic rings. The van der Waals surface area contributed by atoms with Crippen LogP contribution in [-0.2, 0) is 18.3 Å². The fourth-order valence-corrected chi connectivity index (χ4v) is 11.3. The average Bonchev–Trinajstić information content (AvgIpc) is 3.49. The Hall–Kier alpha value is -8.40. The largest absolute Gasteiger partial charge is 0.309 e. The van der Waals surface area contributed by atoms with Gasteiger partial charge in [0, 0.05) is 33.6 Å². The van der Waals surface area contributed by atoms with Gasteiger partial charge >= 0.3 is 0 Å². The summed E-state index contributed by atoms with van der Waals surface area (Å²) in [6, 6.07) is 82.7. The van der Waals surface area contributed by atoms with Crippen LogP contribution in [0.5, 0.6) is 0 Å². The third kappa shape index (κ3) is 6.42. The van der Waals surface area contributed by atoms with Crippen LogP contribution in [0.2, 0.25) is 0 Å². The number of para-hydroxylation sites is 7. The number of nitrogens with zero attached hydrogens (tertiary/aromatic N) is 3. The van der Waals surface area contributed by atoms with Crippen molar-refractivity contribution in [3.8, 4) is 22.3 Å². The molecule has 1 aliphatic carbocycles. The van der Waals surface area contributed by atoms with Crippen molar-refractivity contribution in [2.24, 2.45) is 0 Å². The van der Waals surface area contributed by atoms with Gasteiger partial charge in [-0.25, -0.2) is 0 Å². The lowest BCUT2D eigenvalue weighted by molar-refractivity contribution is 0.660. The Labute approximate surface area is 399 Å². The zero-order chi connectivity index (χ0) is 45.3. The van der Waals surface area contributed by atoms with E-state index in [2.05, 4.69) is 265 Å². The normalized spacial score (nSPS) is 14.2. The first kappa shape index (κ1) is 39.9. The van der Waals surface area contributed by atoms with Gasteiger partial charge in [0.05, 0.1) is 28.4 Å². The molecule has 0 N–H and O–H groups in total. The van der Waals surface area contributed by atoms with Crippen molar-refractivity contribution in [3.63, 3.8) is 0 Å². The van der Waals surface area contributed by atoms with E-state index in [4.69, 9.17) is 0 Å². The fraction of sp³-hybridized carbons (Fsp3) is 0.0769. The minimum Gasteiger partial charge on any atom is -0.309 e. The summed E-state index contributed by atoms with van der Waals surface area (Å²) in [6.07, 6.45) is 6.57. The first-order valence-electron chi connectivity index (χ1n) is 23.9. The number of hydrogen-bond acceptors (Lipinski definition) is 3. The van der Waals surface area contributed by atoms with Crippen LogP contribution in [0.4, 0.5) is 51.2 Å². The van der Waals surface area contributed by atoms with Crippen LogP contribution >= 0.6 is 0 Å². The summed E-state index contributed by atoms with van der Waals surface area (Å²) in [6.45, 7) is 4.76. The van der Waals surface area contributed by atoms with E-state index >= 15 is 0 Å². The maximum atomic E-state index is 2.49. The van der Waals surface area contributed by atoms with Gasteiger partial charge in [0.1, 0.15) is 0 Å². The summed E-state index contributed by atoms with van der Waals surface area (Å²) < 4.78 is 0. The third-order valence-corrected chi connectivity index (χ3v) is 14.6. The first-order chi connectivity index (χ1) is 33.5. The molecule has 0 aromatic heterocycles. The highest BCUT2D eigenvalue weighted by Gasteiger charge is 2.37. The molecule has 0 fully saturated rings. The number of rotatable bonds is 6. The molecule has 0 atom stereocenters. The van der Waals surface area contributed by atoms with Crippen LogP contribution in [0.25, 0.3) is 45.2 Å². The SMILES string of the molecule is CC1(C)c2cc(/C=C/c3ccc(-c4ccc(N5c6ccccc6CCc6ccccc65)c5ccccc45)cc3)ccc2-c2ccc(N3c4ccccc4N(c4ccccc4)c4ccccc43)cc21. The van der Waals surface area contributed by atoms with Crippen LogP contribution in [-0.4, -0.2) is 0 Å². The van der Waals surface area contributed by atoms with Crippen molar-refractivity contribution >= 4 is 74.1 Å². The zero-order valence-corrected chi connectivity index (χ0v) is 38.3. The maximum absolute atomic E-state index is 2.49. The second kappa shape index (κ2) is 15.9. The lowest BCUT2D eigenvalue weighted by Gasteiger charge is -2.40. The monoisotopic (exact) mass is 871 g/mol. The summed E-state index contributed by atoms with van der Waals surface area (Å²) >= 11 is 0. The van der Waals surface area contributed by atoms with Crippen molar-refractivity contribution in [1.29, 1.82) is 0 Å². The molecule has 3 heteroatoms. The smallest absolute Gasteiger partial charge is 0.0703 e. The summed E-state index contributed by atoms with van der Waals surface area (Å²) in [5.41, 5.74) is 23.4. The van der Waals surface area contributed by atoms with Crippen molar-refractivity contribution < 1.29 is 0 Å². The minimum absolute atomic E-state index is 0.185. The Morgan fingerprint density at radius 1 is 0.338 bits per heavy atom. The third-order valence-electron chi connectivity index (χ3n) is 14.6. The summed E-state index contributed by atoms with van der Waals surface area (Å²) in [7, 11) is 0. The number of hydrogen-bond donors (Lipinski definition) is 0. The van der Waals surface area contributed by atoms with Gasteiger partial charge in [-0.05, 0) is 141 Å². The Morgan fingerprint density at radius 2 is 0.809 bits per heavy atom. The lowest BCUT2D eigenvalue weighted by Crippen LogP contribution is -2.24. The van der Waals surface area contributed by atoms with E-state index in [1.165, 1.54) is 89.2 Å². The minimum atomic E-state index is -0.185. The van der Waals surface area contributed by atoms with Gasteiger partial charge in [0.25, 0.3) is 0 Å². The fourth-order valence-electron chi connectivity index (χ4n) is 11.3. The van der Waals surface area contributed by atoms with E-state index in [1.54, 1.807) is 0 Å². The van der Waals surface area contributed by atoms with Crippen molar-refractivity contribution in [2.75, 3.05) is 14.7 Å². The summed E-state index contributed by atoms with van der Waals surface area (Å²) in [5, 5.41) is 2.50. The van der Waals surface area contributed by atoms with Crippen LogP contribution in [0.1, 0.15) is 47.2 Å². The quantitative estimate of drug-likeness (QED) is 0.154. The predicted octanol–water partition coefficient (Wildman–Crippen LogP) is 17.8. The second-order valence-electron chi connectivity index (χ2n) is 18.9. The van der Waals surface area contributed by atoms with Gasteiger partial charge in [0.2, 0.25) is 0 Å². The van der Waals surface area contributed by atoms with E-state index in [0.717, 1.165) is 41.3 Å². The molecular weight excluding hydrogens is 823 g/mol. The molecule has 3 aliphatic rings. The molecule has 0 unspecified atom stereocenters.